The lowest BCUT2D eigenvalue weighted by Crippen LogP contribution is -2.44. The summed E-state index contributed by atoms with van der Waals surface area (Å²) in [5, 5.41) is 0. The van der Waals surface area contributed by atoms with Gasteiger partial charge in [0.2, 0.25) is 5.91 Å². The summed E-state index contributed by atoms with van der Waals surface area (Å²) in [4.78, 5) is 35.7. The number of esters is 1. The number of hydrogen-bond acceptors (Lipinski definition) is 4. The molecular formula is C14H24N2O4. The monoisotopic (exact) mass is 284 g/mol. The molecule has 0 bridgehead atoms. The molecule has 0 saturated carbocycles. The average molecular weight is 284 g/mol. The van der Waals surface area contributed by atoms with Gasteiger partial charge >= 0.3 is 5.97 Å². The summed E-state index contributed by atoms with van der Waals surface area (Å²) in [7, 11) is 0. The van der Waals surface area contributed by atoms with E-state index in [1.807, 2.05) is 6.92 Å². The van der Waals surface area contributed by atoms with Crippen LogP contribution in [0.1, 0.15) is 51.9 Å². The van der Waals surface area contributed by atoms with Gasteiger partial charge in [0.25, 0.3) is 5.91 Å². The van der Waals surface area contributed by atoms with Gasteiger partial charge in [0.05, 0.1) is 0 Å². The Bertz CT molecular complexity index is 357. The smallest absolute Gasteiger partial charge is 0.306 e. The summed E-state index contributed by atoms with van der Waals surface area (Å²) >= 11 is 0. The lowest BCUT2D eigenvalue weighted by Gasteiger charge is -2.33. The summed E-state index contributed by atoms with van der Waals surface area (Å²) < 4.78 is 4.97. The molecular weight excluding hydrogens is 260 g/mol. The van der Waals surface area contributed by atoms with Crippen molar-refractivity contribution in [1.29, 1.82) is 0 Å². The maximum atomic E-state index is 11.9. The van der Waals surface area contributed by atoms with E-state index in [0.29, 0.717) is 12.8 Å². The second kappa shape index (κ2) is 8.55. The first kappa shape index (κ1) is 16.5. The maximum absolute atomic E-state index is 11.9. The van der Waals surface area contributed by atoms with Crippen LogP contribution < -0.4 is 5.73 Å². The number of carbonyl (C=O) groups excluding carboxylic acids is 3. The number of unbranched alkanes of at least 4 members (excludes halogenated alkanes) is 1. The number of piperidine rings is 1. The SMILES string of the molecule is C[C@H]1CCCCN1C(=O)COC(=O)CCCCC(N)=O. The molecule has 1 aliphatic rings. The van der Waals surface area contributed by atoms with Gasteiger partial charge < -0.3 is 15.4 Å². The minimum atomic E-state index is -0.396. The van der Waals surface area contributed by atoms with Crippen LogP contribution in [-0.4, -0.2) is 41.9 Å². The number of nitrogens with zero attached hydrogens (tertiary/aromatic N) is 1. The Labute approximate surface area is 119 Å². The zero-order valence-electron chi connectivity index (χ0n) is 12.1. The van der Waals surface area contributed by atoms with Gasteiger partial charge in [-0.15, -0.1) is 0 Å². The van der Waals surface area contributed by atoms with Crippen molar-refractivity contribution in [1.82, 2.24) is 4.90 Å². The van der Waals surface area contributed by atoms with E-state index in [0.717, 1.165) is 25.8 Å². The fourth-order valence-electron chi connectivity index (χ4n) is 2.33. The number of ether oxygens (including phenoxy) is 1. The highest BCUT2D eigenvalue weighted by molar-refractivity contribution is 5.81. The van der Waals surface area contributed by atoms with Crippen LogP contribution in [0.15, 0.2) is 0 Å². The highest BCUT2D eigenvalue weighted by Crippen LogP contribution is 2.16. The number of carbonyl (C=O) groups is 3. The molecule has 0 aromatic carbocycles. The molecule has 1 saturated heterocycles. The molecule has 1 fully saturated rings. The standard InChI is InChI=1S/C14H24N2O4/c1-11-6-4-5-9-16(11)13(18)10-20-14(19)8-3-2-7-12(15)17/h11H,2-10H2,1H3,(H2,15,17)/t11-/m0/s1. The Balaban J connectivity index is 2.16. The van der Waals surface area contributed by atoms with E-state index in [4.69, 9.17) is 10.5 Å². The van der Waals surface area contributed by atoms with Gasteiger partial charge in [-0.25, -0.2) is 0 Å². The van der Waals surface area contributed by atoms with E-state index in [1.54, 1.807) is 4.90 Å². The van der Waals surface area contributed by atoms with Crippen LogP contribution in [0.3, 0.4) is 0 Å². The molecule has 1 aliphatic heterocycles. The molecule has 1 atom stereocenters. The lowest BCUT2D eigenvalue weighted by atomic mass is 10.0. The van der Waals surface area contributed by atoms with Crippen molar-refractivity contribution in [3.63, 3.8) is 0 Å². The molecule has 114 valence electrons. The van der Waals surface area contributed by atoms with Gasteiger partial charge in [-0.2, -0.15) is 0 Å². The summed E-state index contributed by atoms with van der Waals surface area (Å²) in [5.41, 5.74) is 5.00. The largest absolute Gasteiger partial charge is 0.456 e. The zero-order chi connectivity index (χ0) is 15.0. The van der Waals surface area contributed by atoms with E-state index in [-0.39, 0.29) is 37.3 Å². The number of primary amides is 1. The minimum absolute atomic E-state index is 0.123. The fraction of sp³-hybridized carbons (Fsp3) is 0.786. The van der Waals surface area contributed by atoms with Crippen LogP contribution in [0.2, 0.25) is 0 Å². The van der Waals surface area contributed by atoms with Gasteiger partial charge in [0.15, 0.2) is 6.61 Å². The lowest BCUT2D eigenvalue weighted by molar-refractivity contribution is -0.153. The third-order valence-corrected chi connectivity index (χ3v) is 3.53. The molecule has 0 spiro atoms. The van der Waals surface area contributed by atoms with Gasteiger partial charge in [0, 0.05) is 25.4 Å². The summed E-state index contributed by atoms with van der Waals surface area (Å²) in [6, 6.07) is 0.227. The second-order valence-corrected chi connectivity index (χ2v) is 5.27. The van der Waals surface area contributed by atoms with Crippen molar-refractivity contribution in [3.8, 4) is 0 Å². The van der Waals surface area contributed by atoms with E-state index in [9.17, 15) is 14.4 Å². The molecule has 0 aromatic rings. The van der Waals surface area contributed by atoms with Crippen molar-refractivity contribution >= 4 is 17.8 Å². The molecule has 20 heavy (non-hydrogen) atoms. The van der Waals surface area contributed by atoms with Crippen LogP contribution in [0, 0.1) is 0 Å². The maximum Gasteiger partial charge on any atom is 0.306 e. The number of rotatable bonds is 7. The summed E-state index contributed by atoms with van der Waals surface area (Å²) in [6.45, 7) is 2.58. The Morgan fingerprint density at radius 1 is 1.20 bits per heavy atom. The van der Waals surface area contributed by atoms with Gasteiger partial charge in [-0.3, -0.25) is 14.4 Å². The molecule has 0 radical (unpaired) electrons. The number of nitrogens with two attached hydrogens (primary N) is 1. The summed E-state index contributed by atoms with van der Waals surface area (Å²) in [5.74, 6) is -0.886. The molecule has 0 unspecified atom stereocenters. The van der Waals surface area contributed by atoms with Crippen molar-refractivity contribution in [2.24, 2.45) is 5.73 Å². The van der Waals surface area contributed by atoms with Crippen molar-refractivity contribution in [3.05, 3.63) is 0 Å². The van der Waals surface area contributed by atoms with Gasteiger partial charge in [0.1, 0.15) is 0 Å². The highest BCUT2D eigenvalue weighted by atomic mass is 16.5. The number of hydrogen-bond donors (Lipinski definition) is 1. The minimum Gasteiger partial charge on any atom is -0.456 e. The van der Waals surface area contributed by atoms with Crippen molar-refractivity contribution in [2.45, 2.75) is 57.9 Å². The van der Waals surface area contributed by atoms with E-state index in [1.165, 1.54) is 0 Å². The quantitative estimate of drug-likeness (QED) is 0.557. The molecule has 1 heterocycles. The first-order valence-electron chi connectivity index (χ1n) is 7.24. The Morgan fingerprint density at radius 2 is 1.90 bits per heavy atom. The predicted octanol–water partition coefficient (Wildman–Crippen LogP) is 0.976. The molecule has 0 aliphatic carbocycles. The number of amides is 2. The topological polar surface area (TPSA) is 89.7 Å². The zero-order valence-corrected chi connectivity index (χ0v) is 12.1. The van der Waals surface area contributed by atoms with Gasteiger partial charge in [-0.1, -0.05) is 0 Å². The van der Waals surface area contributed by atoms with Crippen LogP contribution in [0.4, 0.5) is 0 Å². The Kier molecular flexibility index (Phi) is 7.04. The van der Waals surface area contributed by atoms with Crippen molar-refractivity contribution < 1.29 is 19.1 Å². The third kappa shape index (κ3) is 6.04. The van der Waals surface area contributed by atoms with E-state index < -0.39 is 5.97 Å². The van der Waals surface area contributed by atoms with Gasteiger partial charge in [-0.05, 0) is 39.0 Å². The number of likely N-dealkylation sites (tertiary alicyclic amines) is 1. The first-order chi connectivity index (χ1) is 9.50. The molecule has 6 heteroatoms. The molecule has 2 amide bonds. The third-order valence-electron chi connectivity index (χ3n) is 3.53. The van der Waals surface area contributed by atoms with E-state index in [2.05, 4.69) is 0 Å². The second-order valence-electron chi connectivity index (χ2n) is 5.27. The molecule has 6 nitrogen and oxygen atoms in total. The normalized spacial score (nSPS) is 18.6. The molecule has 0 aromatic heterocycles. The molecule has 2 N–H and O–H groups in total. The van der Waals surface area contributed by atoms with Crippen LogP contribution in [0.25, 0.3) is 0 Å². The van der Waals surface area contributed by atoms with Crippen molar-refractivity contribution in [2.75, 3.05) is 13.2 Å². The first-order valence-corrected chi connectivity index (χ1v) is 7.24. The van der Waals surface area contributed by atoms with E-state index >= 15 is 0 Å². The van der Waals surface area contributed by atoms with Crippen LogP contribution >= 0.6 is 0 Å². The van der Waals surface area contributed by atoms with Crippen LogP contribution in [-0.2, 0) is 19.1 Å². The predicted molar refractivity (Wildman–Crippen MR) is 73.6 cm³/mol. The fourth-order valence-corrected chi connectivity index (χ4v) is 2.33. The Morgan fingerprint density at radius 3 is 2.55 bits per heavy atom. The Hall–Kier alpha value is -1.59. The highest BCUT2D eigenvalue weighted by Gasteiger charge is 2.23. The van der Waals surface area contributed by atoms with Crippen LogP contribution in [0.5, 0.6) is 0 Å². The molecule has 1 rings (SSSR count). The average Bonchev–Trinajstić information content (AvgIpc) is 2.41. The summed E-state index contributed by atoms with van der Waals surface area (Å²) in [6.07, 6.45) is 4.78.